The van der Waals surface area contributed by atoms with Gasteiger partial charge in [0, 0.05) is 11.6 Å². The van der Waals surface area contributed by atoms with E-state index in [0.717, 1.165) is 16.7 Å². The summed E-state index contributed by atoms with van der Waals surface area (Å²) in [5.41, 5.74) is 3.23. The standard InChI is InChI=1S/C19H11N3O/c20-12-14(13-21)11-17-18(15-7-3-1-4-8-15)19(22-23-17)16-9-5-2-6-10-16/h1-11H. The summed E-state index contributed by atoms with van der Waals surface area (Å²) in [5, 5.41) is 22.1. The molecule has 0 saturated heterocycles. The molecule has 3 rings (SSSR count). The van der Waals surface area contributed by atoms with Gasteiger partial charge in [-0.1, -0.05) is 65.8 Å². The van der Waals surface area contributed by atoms with E-state index < -0.39 is 0 Å². The lowest BCUT2D eigenvalue weighted by Gasteiger charge is -2.03. The Morgan fingerprint density at radius 2 is 1.43 bits per heavy atom. The molecule has 0 spiro atoms. The van der Waals surface area contributed by atoms with Crippen molar-refractivity contribution in [2.24, 2.45) is 0 Å². The van der Waals surface area contributed by atoms with Gasteiger partial charge in [-0.15, -0.1) is 0 Å². The van der Waals surface area contributed by atoms with Crippen LogP contribution in [0.15, 0.2) is 70.8 Å². The molecule has 4 nitrogen and oxygen atoms in total. The maximum atomic E-state index is 8.97. The minimum absolute atomic E-state index is 0.0297. The molecule has 0 N–H and O–H groups in total. The van der Waals surface area contributed by atoms with Crippen molar-refractivity contribution in [3.8, 4) is 34.5 Å². The molecule has 1 aromatic heterocycles. The molecule has 0 amide bonds. The molecule has 2 aromatic carbocycles. The van der Waals surface area contributed by atoms with Gasteiger partial charge in [-0.05, 0) is 5.56 Å². The first-order chi connectivity index (χ1) is 11.3. The van der Waals surface area contributed by atoms with Crippen LogP contribution in [-0.2, 0) is 0 Å². The van der Waals surface area contributed by atoms with Crippen molar-refractivity contribution in [2.75, 3.05) is 0 Å². The number of nitriles is 2. The van der Waals surface area contributed by atoms with E-state index in [1.165, 1.54) is 6.08 Å². The Kier molecular flexibility index (Phi) is 4.00. The van der Waals surface area contributed by atoms with Crippen LogP contribution in [0.3, 0.4) is 0 Å². The van der Waals surface area contributed by atoms with Crippen molar-refractivity contribution in [1.82, 2.24) is 5.16 Å². The molecule has 3 aromatic rings. The quantitative estimate of drug-likeness (QED) is 0.670. The fourth-order valence-corrected chi connectivity index (χ4v) is 2.30. The normalized spacial score (nSPS) is 9.65. The van der Waals surface area contributed by atoms with Gasteiger partial charge in [0.05, 0.1) is 5.56 Å². The SMILES string of the molecule is N#CC(C#N)=Cc1onc(-c2ccccc2)c1-c1ccccc1. The molecule has 0 saturated carbocycles. The van der Waals surface area contributed by atoms with Gasteiger partial charge in [0.25, 0.3) is 0 Å². The van der Waals surface area contributed by atoms with Crippen LogP contribution >= 0.6 is 0 Å². The molecule has 0 radical (unpaired) electrons. The highest BCUT2D eigenvalue weighted by Gasteiger charge is 2.18. The predicted molar refractivity (Wildman–Crippen MR) is 86.6 cm³/mol. The van der Waals surface area contributed by atoms with Crippen LogP contribution in [0.25, 0.3) is 28.5 Å². The van der Waals surface area contributed by atoms with Crippen LogP contribution in [0.4, 0.5) is 0 Å². The van der Waals surface area contributed by atoms with Gasteiger partial charge < -0.3 is 4.52 Å². The van der Waals surface area contributed by atoms with Gasteiger partial charge in [-0.3, -0.25) is 0 Å². The number of rotatable bonds is 3. The van der Waals surface area contributed by atoms with Gasteiger partial charge in [0.15, 0.2) is 5.76 Å². The Labute approximate surface area is 133 Å². The highest BCUT2D eigenvalue weighted by atomic mass is 16.5. The Bertz CT molecular complexity index is 910. The average molecular weight is 297 g/mol. The Morgan fingerprint density at radius 3 is 2.00 bits per heavy atom. The van der Waals surface area contributed by atoms with Crippen molar-refractivity contribution < 1.29 is 4.52 Å². The smallest absolute Gasteiger partial charge is 0.170 e. The third kappa shape index (κ3) is 2.88. The van der Waals surface area contributed by atoms with Gasteiger partial charge >= 0.3 is 0 Å². The number of aromatic nitrogens is 1. The molecule has 0 aliphatic heterocycles. The Hall–Kier alpha value is -3.63. The van der Waals surface area contributed by atoms with Gasteiger partial charge in [-0.2, -0.15) is 10.5 Å². The van der Waals surface area contributed by atoms with Crippen molar-refractivity contribution >= 4 is 6.08 Å². The molecule has 4 heteroatoms. The van der Waals surface area contributed by atoms with E-state index in [0.29, 0.717) is 11.5 Å². The third-order valence-corrected chi connectivity index (χ3v) is 3.34. The van der Waals surface area contributed by atoms with E-state index in [-0.39, 0.29) is 5.57 Å². The summed E-state index contributed by atoms with van der Waals surface area (Å²) < 4.78 is 5.41. The van der Waals surface area contributed by atoms with E-state index in [1.807, 2.05) is 72.8 Å². The molecule has 0 fully saturated rings. The number of hydrogen-bond acceptors (Lipinski definition) is 4. The molecule has 108 valence electrons. The highest BCUT2D eigenvalue weighted by Crippen LogP contribution is 2.35. The first kappa shape index (κ1) is 14.3. The van der Waals surface area contributed by atoms with Crippen LogP contribution in [0, 0.1) is 22.7 Å². The largest absolute Gasteiger partial charge is 0.356 e. The summed E-state index contributed by atoms with van der Waals surface area (Å²) in [5.74, 6) is 0.396. The number of nitrogens with zero attached hydrogens (tertiary/aromatic N) is 3. The van der Waals surface area contributed by atoms with Crippen LogP contribution in [0.1, 0.15) is 5.76 Å². The molecule has 0 atom stereocenters. The van der Waals surface area contributed by atoms with Crippen molar-refractivity contribution in [3.05, 3.63) is 72.0 Å². The van der Waals surface area contributed by atoms with Crippen LogP contribution in [-0.4, -0.2) is 5.16 Å². The zero-order valence-corrected chi connectivity index (χ0v) is 12.1. The lowest BCUT2D eigenvalue weighted by atomic mass is 9.98. The Morgan fingerprint density at radius 1 is 0.870 bits per heavy atom. The van der Waals surface area contributed by atoms with E-state index in [1.54, 1.807) is 0 Å². The van der Waals surface area contributed by atoms with E-state index in [9.17, 15) is 0 Å². The summed E-state index contributed by atoms with van der Waals surface area (Å²) >= 11 is 0. The summed E-state index contributed by atoms with van der Waals surface area (Å²) in [6, 6.07) is 23.0. The number of hydrogen-bond donors (Lipinski definition) is 0. The molecule has 1 heterocycles. The summed E-state index contributed by atoms with van der Waals surface area (Å²) in [4.78, 5) is 0. The Balaban J connectivity index is 2.24. The van der Waals surface area contributed by atoms with Crippen LogP contribution in [0.5, 0.6) is 0 Å². The second-order valence-electron chi connectivity index (χ2n) is 4.78. The van der Waals surface area contributed by atoms with Crippen molar-refractivity contribution in [3.63, 3.8) is 0 Å². The minimum Gasteiger partial charge on any atom is -0.356 e. The topological polar surface area (TPSA) is 73.6 Å². The second-order valence-corrected chi connectivity index (χ2v) is 4.78. The molecular formula is C19H11N3O. The zero-order valence-electron chi connectivity index (χ0n) is 12.1. The van der Waals surface area contributed by atoms with E-state index >= 15 is 0 Å². The lowest BCUT2D eigenvalue weighted by Crippen LogP contribution is -1.84. The summed E-state index contributed by atoms with van der Waals surface area (Å²) in [6.07, 6.45) is 1.42. The fourth-order valence-electron chi connectivity index (χ4n) is 2.30. The van der Waals surface area contributed by atoms with Gasteiger partial charge in [0.2, 0.25) is 0 Å². The molecular weight excluding hydrogens is 286 g/mol. The molecule has 0 aliphatic carbocycles. The van der Waals surface area contributed by atoms with Crippen molar-refractivity contribution in [2.45, 2.75) is 0 Å². The average Bonchev–Trinajstić information content (AvgIpc) is 3.04. The lowest BCUT2D eigenvalue weighted by molar-refractivity contribution is 0.415. The summed E-state index contributed by atoms with van der Waals surface area (Å²) in [7, 11) is 0. The first-order valence-electron chi connectivity index (χ1n) is 6.96. The maximum Gasteiger partial charge on any atom is 0.170 e. The summed E-state index contributed by atoms with van der Waals surface area (Å²) in [6.45, 7) is 0. The molecule has 0 unspecified atom stereocenters. The van der Waals surface area contributed by atoms with Gasteiger partial charge in [0.1, 0.15) is 23.4 Å². The first-order valence-corrected chi connectivity index (χ1v) is 6.96. The van der Waals surface area contributed by atoms with E-state index in [4.69, 9.17) is 15.0 Å². The second kappa shape index (κ2) is 6.43. The molecule has 0 bridgehead atoms. The van der Waals surface area contributed by atoms with E-state index in [2.05, 4.69) is 5.16 Å². The fraction of sp³-hybridized carbons (Fsp3) is 0. The van der Waals surface area contributed by atoms with Gasteiger partial charge in [-0.25, -0.2) is 0 Å². The zero-order chi connectivity index (χ0) is 16.1. The monoisotopic (exact) mass is 297 g/mol. The number of benzene rings is 2. The molecule has 0 aliphatic rings. The van der Waals surface area contributed by atoms with Crippen LogP contribution < -0.4 is 0 Å². The van der Waals surface area contributed by atoms with Crippen LogP contribution in [0.2, 0.25) is 0 Å². The minimum atomic E-state index is -0.0297. The molecule has 23 heavy (non-hydrogen) atoms. The third-order valence-electron chi connectivity index (χ3n) is 3.34. The van der Waals surface area contributed by atoms with Crippen molar-refractivity contribution in [1.29, 1.82) is 10.5 Å². The number of allylic oxidation sites excluding steroid dienone is 1. The maximum absolute atomic E-state index is 8.97. The highest BCUT2D eigenvalue weighted by molar-refractivity contribution is 5.86. The predicted octanol–water partition coefficient (Wildman–Crippen LogP) is 4.44.